The van der Waals surface area contributed by atoms with Crippen LogP contribution in [0.15, 0.2) is 24.5 Å². The Hall–Kier alpha value is -2.12. The van der Waals surface area contributed by atoms with Crippen molar-refractivity contribution in [2.24, 2.45) is 0 Å². The lowest BCUT2D eigenvalue weighted by Gasteiger charge is -2.12. The Morgan fingerprint density at radius 3 is 3.00 bits per heavy atom. The number of hydrogen-bond donors (Lipinski definition) is 1. The summed E-state index contributed by atoms with van der Waals surface area (Å²) in [6, 6.07) is 6.00. The zero-order valence-corrected chi connectivity index (χ0v) is 13.9. The van der Waals surface area contributed by atoms with Gasteiger partial charge in [-0.05, 0) is 43.4 Å². The summed E-state index contributed by atoms with van der Waals surface area (Å²) in [7, 11) is 0. The maximum Gasteiger partial charge on any atom is 0.142 e. The standard InChI is InChI=1S/C16H13N5S2/c1-2-7-12-9(4-1)13-15(17-8-18-16(13)22-12)19-10-5-3-6-11-14(10)21-23-20-11/h3,5-6,8H,1-2,4,7H2,(H,17,18,19). The van der Waals surface area contributed by atoms with Gasteiger partial charge in [0.1, 0.15) is 28.0 Å². The van der Waals surface area contributed by atoms with E-state index in [4.69, 9.17) is 0 Å². The summed E-state index contributed by atoms with van der Waals surface area (Å²) in [6.07, 6.45) is 6.46. The first kappa shape index (κ1) is 13.3. The van der Waals surface area contributed by atoms with Gasteiger partial charge in [-0.3, -0.25) is 0 Å². The van der Waals surface area contributed by atoms with Crippen LogP contribution in [0.4, 0.5) is 11.5 Å². The summed E-state index contributed by atoms with van der Waals surface area (Å²) < 4.78 is 8.70. The second-order valence-electron chi connectivity index (χ2n) is 5.68. The molecule has 0 atom stereocenters. The molecule has 3 aromatic heterocycles. The number of hydrogen-bond acceptors (Lipinski definition) is 7. The number of nitrogens with zero attached hydrogens (tertiary/aromatic N) is 4. The molecule has 1 N–H and O–H groups in total. The number of benzene rings is 1. The van der Waals surface area contributed by atoms with Gasteiger partial charge in [0.05, 0.1) is 22.8 Å². The van der Waals surface area contributed by atoms with Crippen molar-refractivity contribution in [3.05, 3.63) is 35.0 Å². The van der Waals surface area contributed by atoms with Crippen molar-refractivity contribution in [3.63, 3.8) is 0 Å². The highest BCUT2D eigenvalue weighted by molar-refractivity contribution is 7.19. The van der Waals surface area contributed by atoms with E-state index in [0.717, 1.165) is 33.8 Å². The molecular weight excluding hydrogens is 326 g/mol. The maximum atomic E-state index is 4.51. The summed E-state index contributed by atoms with van der Waals surface area (Å²) >= 11 is 3.05. The van der Waals surface area contributed by atoms with Gasteiger partial charge < -0.3 is 5.32 Å². The smallest absolute Gasteiger partial charge is 0.142 e. The fraction of sp³-hybridized carbons (Fsp3) is 0.250. The van der Waals surface area contributed by atoms with E-state index in [0.29, 0.717) is 0 Å². The molecule has 0 bridgehead atoms. The van der Waals surface area contributed by atoms with E-state index in [1.807, 2.05) is 29.5 Å². The normalized spacial score (nSPS) is 14.3. The number of rotatable bonds is 2. The second kappa shape index (κ2) is 5.21. The quantitative estimate of drug-likeness (QED) is 0.589. The van der Waals surface area contributed by atoms with Crippen molar-refractivity contribution >= 4 is 55.8 Å². The molecule has 1 aromatic carbocycles. The Kier molecular flexibility index (Phi) is 3.02. The Balaban J connectivity index is 1.68. The number of nitrogens with one attached hydrogen (secondary N) is 1. The largest absolute Gasteiger partial charge is 0.338 e. The average Bonchev–Trinajstić information content (AvgIpc) is 3.20. The van der Waals surface area contributed by atoms with E-state index in [1.54, 1.807) is 6.33 Å². The lowest BCUT2D eigenvalue weighted by Crippen LogP contribution is -2.01. The topological polar surface area (TPSA) is 63.6 Å². The number of fused-ring (bicyclic) bond motifs is 4. The van der Waals surface area contributed by atoms with Crippen LogP contribution in [0.5, 0.6) is 0 Å². The highest BCUT2D eigenvalue weighted by Gasteiger charge is 2.20. The third kappa shape index (κ3) is 2.11. The van der Waals surface area contributed by atoms with E-state index in [2.05, 4.69) is 24.0 Å². The summed E-state index contributed by atoms with van der Waals surface area (Å²) in [5.74, 6) is 0.884. The van der Waals surface area contributed by atoms with Gasteiger partial charge in [-0.25, -0.2) is 9.97 Å². The number of thiophene rings is 1. The van der Waals surface area contributed by atoms with Crippen LogP contribution in [0.25, 0.3) is 21.3 Å². The first-order chi connectivity index (χ1) is 11.4. The lowest BCUT2D eigenvalue weighted by molar-refractivity contribution is 0.700. The van der Waals surface area contributed by atoms with Gasteiger partial charge in [-0.15, -0.1) is 11.3 Å². The molecule has 0 amide bonds. The summed E-state index contributed by atoms with van der Waals surface area (Å²) in [6.45, 7) is 0. The lowest BCUT2D eigenvalue weighted by atomic mass is 9.97. The highest BCUT2D eigenvalue weighted by atomic mass is 32.1. The Bertz CT molecular complexity index is 1020. The van der Waals surface area contributed by atoms with Gasteiger partial charge in [0, 0.05) is 4.88 Å². The van der Waals surface area contributed by atoms with E-state index >= 15 is 0 Å². The zero-order valence-electron chi connectivity index (χ0n) is 12.2. The van der Waals surface area contributed by atoms with Gasteiger partial charge in [-0.2, -0.15) is 8.75 Å². The first-order valence-corrected chi connectivity index (χ1v) is 9.18. The number of anilines is 2. The molecule has 1 aliphatic rings. The molecule has 0 saturated heterocycles. The van der Waals surface area contributed by atoms with E-state index in [-0.39, 0.29) is 0 Å². The van der Waals surface area contributed by atoms with Crippen LogP contribution in [-0.2, 0) is 12.8 Å². The molecule has 0 aliphatic heterocycles. The molecule has 0 spiro atoms. The van der Waals surface area contributed by atoms with Crippen LogP contribution in [0.1, 0.15) is 23.3 Å². The minimum absolute atomic E-state index is 0.884. The molecule has 4 aromatic rings. The third-order valence-electron chi connectivity index (χ3n) is 4.29. The fourth-order valence-corrected chi connectivity index (χ4v) is 5.00. The molecule has 0 unspecified atom stereocenters. The molecule has 7 heteroatoms. The van der Waals surface area contributed by atoms with Gasteiger partial charge >= 0.3 is 0 Å². The predicted molar refractivity (Wildman–Crippen MR) is 94.8 cm³/mol. The summed E-state index contributed by atoms with van der Waals surface area (Å²) in [5.41, 5.74) is 4.20. The molecule has 0 fully saturated rings. The van der Waals surface area contributed by atoms with Crippen molar-refractivity contribution in [2.45, 2.75) is 25.7 Å². The summed E-state index contributed by atoms with van der Waals surface area (Å²) in [5, 5.41) is 4.66. The van der Waals surface area contributed by atoms with Gasteiger partial charge in [0.25, 0.3) is 0 Å². The fourth-order valence-electron chi connectivity index (χ4n) is 3.22. The Labute approximate surface area is 140 Å². The minimum atomic E-state index is 0.884. The van der Waals surface area contributed by atoms with Crippen molar-refractivity contribution in [1.82, 2.24) is 18.7 Å². The molecule has 5 rings (SSSR count). The Morgan fingerprint density at radius 2 is 2.00 bits per heavy atom. The van der Waals surface area contributed by atoms with Crippen LogP contribution < -0.4 is 5.32 Å². The van der Waals surface area contributed by atoms with Crippen molar-refractivity contribution in [2.75, 3.05) is 5.32 Å². The molecular formula is C16H13N5S2. The molecule has 23 heavy (non-hydrogen) atoms. The van der Waals surface area contributed by atoms with Crippen molar-refractivity contribution in [1.29, 1.82) is 0 Å². The molecule has 0 radical (unpaired) electrons. The van der Waals surface area contributed by atoms with E-state index < -0.39 is 0 Å². The predicted octanol–water partition coefficient (Wildman–Crippen LogP) is 4.32. The van der Waals surface area contributed by atoms with Crippen LogP contribution in [-0.4, -0.2) is 18.7 Å². The van der Waals surface area contributed by atoms with Gasteiger partial charge in [0.2, 0.25) is 0 Å². The van der Waals surface area contributed by atoms with Crippen LogP contribution in [0.2, 0.25) is 0 Å². The maximum absolute atomic E-state index is 4.51. The van der Waals surface area contributed by atoms with Crippen LogP contribution in [0, 0.1) is 0 Å². The third-order valence-corrected chi connectivity index (χ3v) is 6.03. The van der Waals surface area contributed by atoms with Crippen LogP contribution >= 0.6 is 23.1 Å². The average molecular weight is 339 g/mol. The van der Waals surface area contributed by atoms with Crippen molar-refractivity contribution < 1.29 is 0 Å². The molecule has 3 heterocycles. The van der Waals surface area contributed by atoms with Crippen LogP contribution in [0.3, 0.4) is 0 Å². The monoisotopic (exact) mass is 339 g/mol. The second-order valence-corrected chi connectivity index (χ2v) is 7.29. The number of aryl methyl sites for hydroxylation is 2. The zero-order chi connectivity index (χ0) is 15.2. The molecule has 5 nitrogen and oxygen atoms in total. The Morgan fingerprint density at radius 1 is 1.04 bits per heavy atom. The molecule has 0 saturated carbocycles. The summed E-state index contributed by atoms with van der Waals surface area (Å²) in [4.78, 5) is 11.6. The first-order valence-electron chi connectivity index (χ1n) is 7.64. The highest BCUT2D eigenvalue weighted by Crippen LogP contribution is 2.39. The SMILES string of the molecule is c1cc(Nc2ncnc3sc4c(c23)CCCC4)c2nsnc2c1. The molecule has 1 aliphatic carbocycles. The minimum Gasteiger partial charge on any atom is -0.338 e. The number of aromatic nitrogens is 4. The van der Waals surface area contributed by atoms with E-state index in [1.165, 1.54) is 46.8 Å². The van der Waals surface area contributed by atoms with Gasteiger partial charge in [0.15, 0.2) is 0 Å². The van der Waals surface area contributed by atoms with E-state index in [9.17, 15) is 0 Å². The van der Waals surface area contributed by atoms with Crippen molar-refractivity contribution in [3.8, 4) is 0 Å². The van der Waals surface area contributed by atoms with Gasteiger partial charge in [-0.1, -0.05) is 6.07 Å². The molecule has 114 valence electrons.